The summed E-state index contributed by atoms with van der Waals surface area (Å²) in [6.45, 7) is 9.00. The molecular formula is C21H29N3O2. The molecule has 0 fully saturated rings. The van der Waals surface area contributed by atoms with Crippen LogP contribution in [0.1, 0.15) is 62.7 Å². The molecule has 0 spiro atoms. The maximum Gasteiger partial charge on any atom is 0.210 e. The van der Waals surface area contributed by atoms with Crippen molar-refractivity contribution in [3.63, 3.8) is 0 Å². The van der Waals surface area contributed by atoms with Crippen LogP contribution in [0.3, 0.4) is 0 Å². The summed E-state index contributed by atoms with van der Waals surface area (Å²) >= 11 is 0. The molecular weight excluding hydrogens is 326 g/mol. The maximum atomic E-state index is 12.1. The Bertz CT molecular complexity index is 795. The monoisotopic (exact) mass is 355 g/mol. The van der Waals surface area contributed by atoms with E-state index in [-0.39, 0.29) is 11.6 Å². The standard InChI is InChI=1S/C21H29N3O2/c1-6-17-16(18(7-2)23(5)22-17)13-24(14-25)19-12-21(3,4)26-20-11-9-8-10-15(19)20/h8-11,14,19H,6-7,12-13H2,1-5H3. The molecule has 1 aromatic heterocycles. The molecule has 5 heteroatoms. The smallest absolute Gasteiger partial charge is 0.210 e. The van der Waals surface area contributed by atoms with Crippen LogP contribution in [-0.2, 0) is 31.2 Å². The van der Waals surface area contributed by atoms with Gasteiger partial charge in [0.05, 0.1) is 11.7 Å². The number of fused-ring (bicyclic) bond motifs is 1. The molecule has 0 N–H and O–H groups in total. The van der Waals surface area contributed by atoms with Gasteiger partial charge in [-0.3, -0.25) is 9.48 Å². The average molecular weight is 355 g/mol. The van der Waals surface area contributed by atoms with E-state index >= 15 is 0 Å². The topological polar surface area (TPSA) is 47.4 Å². The van der Waals surface area contributed by atoms with E-state index in [9.17, 15) is 4.79 Å². The highest BCUT2D eigenvalue weighted by Crippen LogP contribution is 2.42. The molecule has 140 valence electrons. The second kappa shape index (κ2) is 7.14. The second-order valence-corrected chi connectivity index (χ2v) is 7.60. The number of amides is 1. The highest BCUT2D eigenvalue weighted by atomic mass is 16.5. The van der Waals surface area contributed by atoms with E-state index in [1.807, 2.05) is 34.8 Å². The SMILES string of the molecule is CCc1nn(C)c(CC)c1CN(C=O)C1CC(C)(C)Oc2ccccc21. The Kier molecular flexibility index (Phi) is 5.08. The fraction of sp³-hybridized carbons (Fsp3) is 0.524. The van der Waals surface area contributed by atoms with Gasteiger partial charge in [-0.2, -0.15) is 5.10 Å². The fourth-order valence-corrected chi connectivity index (χ4v) is 4.04. The lowest BCUT2D eigenvalue weighted by atomic mass is 9.88. The summed E-state index contributed by atoms with van der Waals surface area (Å²) in [5, 5.41) is 4.65. The molecule has 1 aliphatic heterocycles. The Morgan fingerprint density at radius 1 is 1.31 bits per heavy atom. The summed E-state index contributed by atoms with van der Waals surface area (Å²) in [5.41, 5.74) is 4.24. The van der Waals surface area contributed by atoms with Crippen molar-refractivity contribution in [2.45, 2.75) is 65.1 Å². The molecule has 0 aliphatic carbocycles. The molecule has 0 bridgehead atoms. The van der Waals surface area contributed by atoms with Gasteiger partial charge < -0.3 is 9.64 Å². The van der Waals surface area contributed by atoms with Gasteiger partial charge in [-0.25, -0.2) is 0 Å². The van der Waals surface area contributed by atoms with Gasteiger partial charge in [-0.05, 0) is 32.8 Å². The van der Waals surface area contributed by atoms with Gasteiger partial charge in [0.15, 0.2) is 0 Å². The first-order chi connectivity index (χ1) is 12.4. The van der Waals surface area contributed by atoms with Gasteiger partial charge in [-0.1, -0.05) is 32.0 Å². The predicted octanol–water partition coefficient (Wildman–Crippen LogP) is 3.81. The number of benzene rings is 1. The summed E-state index contributed by atoms with van der Waals surface area (Å²) in [7, 11) is 1.99. The van der Waals surface area contributed by atoms with E-state index in [0.29, 0.717) is 6.54 Å². The third-order valence-electron chi connectivity index (χ3n) is 5.25. The van der Waals surface area contributed by atoms with E-state index in [4.69, 9.17) is 4.74 Å². The highest BCUT2D eigenvalue weighted by molar-refractivity contribution is 5.52. The van der Waals surface area contributed by atoms with E-state index in [2.05, 4.69) is 38.9 Å². The van der Waals surface area contributed by atoms with Crippen molar-refractivity contribution < 1.29 is 9.53 Å². The zero-order chi connectivity index (χ0) is 18.9. The number of para-hydroxylation sites is 1. The Balaban J connectivity index is 1.99. The van der Waals surface area contributed by atoms with E-state index in [1.165, 1.54) is 11.3 Å². The van der Waals surface area contributed by atoms with Crippen LogP contribution in [0, 0.1) is 0 Å². The molecule has 1 aliphatic rings. The number of rotatable bonds is 6. The first-order valence-corrected chi connectivity index (χ1v) is 9.42. The van der Waals surface area contributed by atoms with Crippen LogP contribution >= 0.6 is 0 Å². The first-order valence-electron chi connectivity index (χ1n) is 9.42. The summed E-state index contributed by atoms with van der Waals surface area (Å²) in [6.07, 6.45) is 3.52. The minimum atomic E-state index is -0.309. The number of carbonyl (C=O) groups is 1. The van der Waals surface area contributed by atoms with Crippen LogP contribution in [0.4, 0.5) is 0 Å². The molecule has 2 aromatic rings. The van der Waals surface area contributed by atoms with E-state index < -0.39 is 0 Å². The lowest BCUT2D eigenvalue weighted by Gasteiger charge is -2.41. The van der Waals surface area contributed by atoms with Gasteiger partial charge in [-0.15, -0.1) is 0 Å². The number of aromatic nitrogens is 2. The highest BCUT2D eigenvalue weighted by Gasteiger charge is 2.36. The Labute approximate surface area is 156 Å². The van der Waals surface area contributed by atoms with Crippen LogP contribution in [0.5, 0.6) is 5.75 Å². The van der Waals surface area contributed by atoms with Crippen LogP contribution in [-0.4, -0.2) is 26.7 Å². The minimum absolute atomic E-state index is 0.00192. The maximum absolute atomic E-state index is 12.1. The predicted molar refractivity (Wildman–Crippen MR) is 102 cm³/mol. The lowest BCUT2D eigenvalue weighted by molar-refractivity contribution is -0.122. The normalized spacial score (nSPS) is 18.1. The average Bonchev–Trinajstić information content (AvgIpc) is 2.92. The number of nitrogens with zero attached hydrogens (tertiary/aromatic N) is 3. The van der Waals surface area contributed by atoms with E-state index in [1.54, 1.807) is 0 Å². The minimum Gasteiger partial charge on any atom is -0.487 e. The third-order valence-corrected chi connectivity index (χ3v) is 5.25. The van der Waals surface area contributed by atoms with Gasteiger partial charge in [0.1, 0.15) is 11.4 Å². The molecule has 26 heavy (non-hydrogen) atoms. The quantitative estimate of drug-likeness (QED) is 0.741. The Hall–Kier alpha value is -2.30. The van der Waals surface area contributed by atoms with Crippen molar-refractivity contribution in [3.05, 3.63) is 46.8 Å². The largest absolute Gasteiger partial charge is 0.487 e. The van der Waals surface area contributed by atoms with Crippen LogP contribution in [0.25, 0.3) is 0 Å². The van der Waals surface area contributed by atoms with Crippen molar-refractivity contribution in [2.24, 2.45) is 7.05 Å². The Morgan fingerprint density at radius 3 is 2.69 bits per heavy atom. The summed E-state index contributed by atoms with van der Waals surface area (Å²) < 4.78 is 8.09. The molecule has 1 atom stereocenters. The molecule has 0 radical (unpaired) electrons. The molecule has 2 heterocycles. The lowest BCUT2D eigenvalue weighted by Crippen LogP contribution is -2.41. The summed E-state index contributed by atoms with van der Waals surface area (Å²) in [4.78, 5) is 14.0. The van der Waals surface area contributed by atoms with E-state index in [0.717, 1.165) is 42.7 Å². The number of hydrogen-bond donors (Lipinski definition) is 0. The molecule has 3 rings (SSSR count). The van der Waals surface area contributed by atoms with Gasteiger partial charge >= 0.3 is 0 Å². The molecule has 0 saturated carbocycles. The van der Waals surface area contributed by atoms with Crippen LogP contribution in [0.2, 0.25) is 0 Å². The molecule has 1 unspecified atom stereocenters. The zero-order valence-corrected chi connectivity index (χ0v) is 16.5. The van der Waals surface area contributed by atoms with Crippen molar-refractivity contribution in [3.8, 4) is 5.75 Å². The first kappa shape index (κ1) is 18.5. The second-order valence-electron chi connectivity index (χ2n) is 7.60. The zero-order valence-electron chi connectivity index (χ0n) is 16.5. The van der Waals surface area contributed by atoms with Crippen LogP contribution < -0.4 is 4.74 Å². The number of ether oxygens (including phenoxy) is 1. The summed E-state index contributed by atoms with van der Waals surface area (Å²) in [5.74, 6) is 0.873. The Morgan fingerprint density at radius 2 is 2.04 bits per heavy atom. The van der Waals surface area contributed by atoms with Gasteiger partial charge in [0.25, 0.3) is 0 Å². The number of carbonyl (C=O) groups excluding carboxylic acids is 1. The van der Waals surface area contributed by atoms with Crippen molar-refractivity contribution in [1.82, 2.24) is 14.7 Å². The van der Waals surface area contributed by atoms with Crippen molar-refractivity contribution in [1.29, 1.82) is 0 Å². The summed E-state index contributed by atoms with van der Waals surface area (Å²) in [6, 6.07) is 8.05. The molecule has 1 aromatic carbocycles. The number of aryl methyl sites for hydroxylation is 2. The number of hydrogen-bond acceptors (Lipinski definition) is 3. The fourth-order valence-electron chi connectivity index (χ4n) is 4.04. The van der Waals surface area contributed by atoms with Crippen molar-refractivity contribution in [2.75, 3.05) is 0 Å². The van der Waals surface area contributed by atoms with Gasteiger partial charge in [0, 0.05) is 36.8 Å². The van der Waals surface area contributed by atoms with Crippen LogP contribution in [0.15, 0.2) is 24.3 Å². The third kappa shape index (κ3) is 3.35. The van der Waals surface area contributed by atoms with Crippen molar-refractivity contribution >= 4 is 6.41 Å². The molecule has 5 nitrogen and oxygen atoms in total. The van der Waals surface area contributed by atoms with Gasteiger partial charge in [0.2, 0.25) is 6.41 Å². The molecule has 0 saturated heterocycles. The molecule has 1 amide bonds.